The maximum Gasteiger partial charge on any atom is 0.255 e. The Bertz CT molecular complexity index is 947. The number of carbonyl (C=O) groups excluding carboxylic acids is 1. The molecule has 0 radical (unpaired) electrons. The molecule has 0 saturated carbocycles. The largest absolute Gasteiger partial charge is 0.326 e. The molecular formula is C16H13ClN6OS. The fourth-order valence-corrected chi connectivity index (χ4v) is 3.69. The highest BCUT2D eigenvalue weighted by molar-refractivity contribution is 7.10. The first kappa shape index (κ1) is 15.8. The number of allylic oxidation sites excluding steroid dienone is 1. The molecule has 25 heavy (non-hydrogen) atoms. The van der Waals surface area contributed by atoms with Gasteiger partial charge in [-0.25, -0.2) is 0 Å². The summed E-state index contributed by atoms with van der Waals surface area (Å²) in [7, 11) is 0. The molecule has 1 aromatic carbocycles. The topological polar surface area (TPSA) is 84.7 Å². The third kappa shape index (κ3) is 2.90. The van der Waals surface area contributed by atoms with E-state index in [2.05, 4.69) is 26.2 Å². The molecule has 1 atom stereocenters. The van der Waals surface area contributed by atoms with Gasteiger partial charge in [0, 0.05) is 21.3 Å². The average Bonchev–Trinajstić information content (AvgIpc) is 3.26. The van der Waals surface area contributed by atoms with E-state index < -0.39 is 0 Å². The minimum Gasteiger partial charge on any atom is -0.326 e. The number of halogens is 1. The van der Waals surface area contributed by atoms with Crippen molar-refractivity contribution in [1.82, 2.24) is 20.2 Å². The van der Waals surface area contributed by atoms with E-state index in [4.69, 9.17) is 11.6 Å². The van der Waals surface area contributed by atoms with Gasteiger partial charge in [-0.05, 0) is 53.1 Å². The van der Waals surface area contributed by atoms with Crippen LogP contribution in [0.4, 0.5) is 11.6 Å². The van der Waals surface area contributed by atoms with Gasteiger partial charge in [0.1, 0.15) is 6.04 Å². The summed E-state index contributed by atoms with van der Waals surface area (Å²) in [4.78, 5) is 14.0. The molecule has 0 unspecified atom stereocenters. The van der Waals surface area contributed by atoms with E-state index in [1.807, 2.05) is 24.4 Å². The SMILES string of the molecule is CC1=C(C(=O)Nc2ccc(Cl)cc2)[C@H](c2cccs2)n2nnnc2N1. The highest BCUT2D eigenvalue weighted by atomic mass is 35.5. The molecule has 1 amide bonds. The average molecular weight is 373 g/mol. The molecular weight excluding hydrogens is 360 g/mol. The Morgan fingerprint density at radius 1 is 1.32 bits per heavy atom. The van der Waals surface area contributed by atoms with E-state index in [0.29, 0.717) is 27.9 Å². The fraction of sp³-hybridized carbons (Fsp3) is 0.125. The molecule has 1 aliphatic rings. The van der Waals surface area contributed by atoms with Crippen LogP contribution in [-0.4, -0.2) is 26.1 Å². The van der Waals surface area contributed by atoms with E-state index in [-0.39, 0.29) is 11.9 Å². The molecule has 3 aromatic rings. The molecule has 9 heteroatoms. The Labute approximate surface area is 152 Å². The second-order valence-corrected chi connectivity index (χ2v) is 6.91. The second kappa shape index (κ2) is 6.30. The number of nitrogens with one attached hydrogen (secondary N) is 2. The predicted molar refractivity (Wildman–Crippen MR) is 96.7 cm³/mol. The molecule has 2 N–H and O–H groups in total. The minimum absolute atomic E-state index is 0.216. The molecule has 0 saturated heterocycles. The standard InChI is InChI=1S/C16H13ClN6OS/c1-9-13(15(24)19-11-6-4-10(17)5-7-11)14(12-3-2-8-25-12)23-16(18-9)20-21-22-23/h2-8,14H,1H3,(H,19,24)(H,18,20,22)/t14-/m0/s1. The third-order valence-corrected chi connectivity index (χ3v) is 5.05. The van der Waals surface area contributed by atoms with Crippen LogP contribution in [0.2, 0.25) is 5.02 Å². The van der Waals surface area contributed by atoms with Crippen molar-refractivity contribution in [3.8, 4) is 0 Å². The van der Waals surface area contributed by atoms with E-state index in [0.717, 1.165) is 4.88 Å². The lowest BCUT2D eigenvalue weighted by Gasteiger charge is -2.26. The summed E-state index contributed by atoms with van der Waals surface area (Å²) in [6.07, 6.45) is 0. The predicted octanol–water partition coefficient (Wildman–Crippen LogP) is 3.32. The van der Waals surface area contributed by atoms with Crippen LogP contribution in [0.1, 0.15) is 17.8 Å². The molecule has 2 aromatic heterocycles. The van der Waals surface area contributed by atoms with Crippen LogP contribution in [0.15, 0.2) is 53.0 Å². The maximum atomic E-state index is 13.0. The number of hydrogen-bond acceptors (Lipinski definition) is 6. The monoisotopic (exact) mass is 372 g/mol. The summed E-state index contributed by atoms with van der Waals surface area (Å²) >= 11 is 7.45. The van der Waals surface area contributed by atoms with Crippen LogP contribution >= 0.6 is 22.9 Å². The lowest BCUT2D eigenvalue weighted by molar-refractivity contribution is -0.113. The Balaban J connectivity index is 1.72. The van der Waals surface area contributed by atoms with Crippen molar-refractivity contribution in [3.63, 3.8) is 0 Å². The zero-order valence-electron chi connectivity index (χ0n) is 13.1. The first-order valence-electron chi connectivity index (χ1n) is 7.49. The number of rotatable bonds is 3. The Hall–Kier alpha value is -2.71. The van der Waals surface area contributed by atoms with Crippen molar-refractivity contribution in [3.05, 3.63) is 62.9 Å². The number of fused-ring (bicyclic) bond motifs is 1. The van der Waals surface area contributed by atoms with Crippen LogP contribution in [0.25, 0.3) is 0 Å². The third-order valence-electron chi connectivity index (χ3n) is 3.87. The van der Waals surface area contributed by atoms with Crippen molar-refractivity contribution >= 4 is 40.5 Å². The van der Waals surface area contributed by atoms with Gasteiger partial charge in [0.05, 0.1) is 5.57 Å². The van der Waals surface area contributed by atoms with Crippen LogP contribution in [0, 0.1) is 0 Å². The van der Waals surface area contributed by atoms with Crippen molar-refractivity contribution < 1.29 is 4.79 Å². The Kier molecular flexibility index (Phi) is 3.98. The summed E-state index contributed by atoms with van der Waals surface area (Å²) in [5, 5.41) is 20.3. The molecule has 3 heterocycles. The van der Waals surface area contributed by atoms with Gasteiger partial charge < -0.3 is 10.6 Å². The van der Waals surface area contributed by atoms with Crippen molar-refractivity contribution in [2.75, 3.05) is 10.6 Å². The van der Waals surface area contributed by atoms with Crippen molar-refractivity contribution in [2.45, 2.75) is 13.0 Å². The van der Waals surface area contributed by atoms with Gasteiger partial charge >= 0.3 is 0 Å². The summed E-state index contributed by atoms with van der Waals surface area (Å²) < 4.78 is 1.62. The molecule has 1 aliphatic heterocycles. The highest BCUT2D eigenvalue weighted by Gasteiger charge is 2.34. The van der Waals surface area contributed by atoms with Gasteiger partial charge in [0.15, 0.2) is 0 Å². The highest BCUT2D eigenvalue weighted by Crippen LogP contribution is 2.36. The van der Waals surface area contributed by atoms with Gasteiger partial charge in [-0.15, -0.1) is 11.3 Å². The Morgan fingerprint density at radius 2 is 2.12 bits per heavy atom. The maximum absolute atomic E-state index is 13.0. The summed E-state index contributed by atoms with van der Waals surface area (Å²) in [6.45, 7) is 1.84. The van der Waals surface area contributed by atoms with Gasteiger partial charge in [-0.1, -0.05) is 22.8 Å². The lowest BCUT2D eigenvalue weighted by atomic mass is 10.0. The molecule has 0 fully saturated rings. The quantitative estimate of drug-likeness (QED) is 0.736. The number of carbonyl (C=O) groups is 1. The summed E-state index contributed by atoms with van der Waals surface area (Å²) in [6, 6.07) is 10.5. The molecule has 0 aliphatic carbocycles. The van der Waals surface area contributed by atoms with Gasteiger partial charge in [-0.3, -0.25) is 4.79 Å². The van der Waals surface area contributed by atoms with Gasteiger partial charge in [0.25, 0.3) is 5.91 Å². The number of anilines is 2. The molecule has 0 bridgehead atoms. The van der Waals surface area contributed by atoms with E-state index in [9.17, 15) is 4.79 Å². The zero-order chi connectivity index (χ0) is 17.4. The normalized spacial score (nSPS) is 16.3. The van der Waals surface area contributed by atoms with Crippen molar-refractivity contribution in [1.29, 1.82) is 0 Å². The fourth-order valence-electron chi connectivity index (χ4n) is 2.75. The van der Waals surface area contributed by atoms with Gasteiger partial charge in [-0.2, -0.15) is 4.68 Å². The zero-order valence-corrected chi connectivity index (χ0v) is 14.7. The van der Waals surface area contributed by atoms with Gasteiger partial charge in [0.2, 0.25) is 5.95 Å². The van der Waals surface area contributed by atoms with Crippen LogP contribution in [0.3, 0.4) is 0 Å². The van der Waals surface area contributed by atoms with E-state index in [1.165, 1.54) is 0 Å². The smallest absolute Gasteiger partial charge is 0.255 e. The number of thiophene rings is 1. The molecule has 126 valence electrons. The number of benzene rings is 1. The van der Waals surface area contributed by atoms with E-state index in [1.54, 1.807) is 40.3 Å². The minimum atomic E-state index is -0.376. The summed E-state index contributed by atoms with van der Waals surface area (Å²) in [5.41, 5.74) is 1.95. The number of aromatic nitrogens is 4. The number of hydrogen-bond donors (Lipinski definition) is 2. The first-order chi connectivity index (χ1) is 12.1. The molecule has 0 spiro atoms. The van der Waals surface area contributed by atoms with E-state index >= 15 is 0 Å². The number of tetrazole rings is 1. The van der Waals surface area contributed by atoms with Crippen molar-refractivity contribution in [2.24, 2.45) is 0 Å². The van der Waals surface area contributed by atoms with Crippen LogP contribution in [-0.2, 0) is 4.79 Å². The lowest BCUT2D eigenvalue weighted by Crippen LogP contribution is -2.31. The molecule has 7 nitrogen and oxygen atoms in total. The number of amides is 1. The Morgan fingerprint density at radius 3 is 2.84 bits per heavy atom. The number of nitrogens with zero attached hydrogens (tertiary/aromatic N) is 4. The molecule has 4 rings (SSSR count). The van der Waals surface area contributed by atoms with Crippen LogP contribution in [0.5, 0.6) is 0 Å². The summed E-state index contributed by atoms with van der Waals surface area (Å²) in [5.74, 6) is 0.297. The second-order valence-electron chi connectivity index (χ2n) is 5.49. The first-order valence-corrected chi connectivity index (χ1v) is 8.75. The van der Waals surface area contributed by atoms with Crippen LogP contribution < -0.4 is 10.6 Å².